The minimum absolute atomic E-state index is 0.0582. The Morgan fingerprint density at radius 2 is 1.57 bits per heavy atom. The van der Waals surface area contributed by atoms with E-state index in [9.17, 15) is 13.2 Å². The number of amides is 1. The van der Waals surface area contributed by atoms with Crippen molar-refractivity contribution in [1.29, 1.82) is 0 Å². The van der Waals surface area contributed by atoms with Gasteiger partial charge < -0.3 is 9.80 Å². The van der Waals surface area contributed by atoms with Crippen molar-refractivity contribution >= 4 is 50.7 Å². The second-order valence-corrected chi connectivity index (χ2v) is 11.7. The zero-order valence-corrected chi connectivity index (χ0v) is 22.3. The maximum atomic E-state index is 13.1. The normalized spacial score (nSPS) is 14.2. The maximum absolute atomic E-state index is 13.1. The molecule has 0 N–H and O–H groups in total. The first-order valence-corrected chi connectivity index (χ1v) is 14.3. The molecule has 1 saturated heterocycles. The molecule has 4 rings (SSSR count). The number of hydrogen-bond donors (Lipinski definition) is 0. The van der Waals surface area contributed by atoms with Crippen molar-refractivity contribution in [3.05, 3.63) is 82.9 Å². The van der Waals surface area contributed by atoms with Gasteiger partial charge in [0.15, 0.2) is 0 Å². The van der Waals surface area contributed by atoms with Gasteiger partial charge in [-0.1, -0.05) is 17.7 Å². The number of thioether (sulfide) groups is 1. The molecule has 1 amide bonds. The van der Waals surface area contributed by atoms with E-state index < -0.39 is 10.0 Å². The van der Waals surface area contributed by atoms with Crippen LogP contribution in [0.5, 0.6) is 0 Å². The van der Waals surface area contributed by atoms with Crippen LogP contribution in [-0.4, -0.2) is 58.7 Å². The SMILES string of the molecule is CSc1ccc(S(=O)(=O)N(C)c2ccc(C(=O)N3CCN(c4cc(Cl)ccc4C)CC3)cc2)cc1. The first-order chi connectivity index (χ1) is 16.7. The fourth-order valence-electron chi connectivity index (χ4n) is 4.11. The third kappa shape index (κ3) is 5.44. The number of anilines is 2. The predicted octanol–water partition coefficient (Wildman–Crippen LogP) is 5.16. The number of rotatable bonds is 6. The van der Waals surface area contributed by atoms with Crippen molar-refractivity contribution in [2.75, 3.05) is 48.7 Å². The van der Waals surface area contributed by atoms with Crippen LogP contribution in [0.25, 0.3) is 0 Å². The summed E-state index contributed by atoms with van der Waals surface area (Å²) >= 11 is 7.73. The van der Waals surface area contributed by atoms with Crippen LogP contribution in [0, 0.1) is 6.92 Å². The molecular formula is C26H28ClN3O3S2. The molecule has 0 aliphatic carbocycles. The fourth-order valence-corrected chi connectivity index (χ4v) is 5.88. The summed E-state index contributed by atoms with van der Waals surface area (Å²) in [5.41, 5.74) is 3.29. The van der Waals surface area contributed by atoms with Crippen LogP contribution in [0.1, 0.15) is 15.9 Å². The van der Waals surface area contributed by atoms with Gasteiger partial charge >= 0.3 is 0 Å². The number of nitrogens with zero attached hydrogens (tertiary/aromatic N) is 3. The van der Waals surface area contributed by atoms with E-state index in [0.717, 1.165) is 29.2 Å². The Bertz CT molecular complexity index is 1300. The van der Waals surface area contributed by atoms with Crippen LogP contribution in [0.4, 0.5) is 11.4 Å². The Hall–Kier alpha value is -2.68. The van der Waals surface area contributed by atoms with Crippen molar-refractivity contribution in [2.45, 2.75) is 16.7 Å². The second-order valence-electron chi connectivity index (χ2n) is 8.40. The zero-order valence-electron chi connectivity index (χ0n) is 19.9. The van der Waals surface area contributed by atoms with E-state index in [1.807, 2.05) is 29.4 Å². The average molecular weight is 530 g/mol. The summed E-state index contributed by atoms with van der Waals surface area (Å²) in [6.07, 6.45) is 1.94. The molecule has 0 aromatic heterocycles. The lowest BCUT2D eigenvalue weighted by Crippen LogP contribution is -2.49. The van der Waals surface area contributed by atoms with Crippen LogP contribution >= 0.6 is 23.4 Å². The van der Waals surface area contributed by atoms with Gasteiger partial charge in [0, 0.05) is 54.4 Å². The van der Waals surface area contributed by atoms with Gasteiger partial charge in [-0.25, -0.2) is 8.42 Å². The maximum Gasteiger partial charge on any atom is 0.264 e. The van der Waals surface area contributed by atoms with Gasteiger partial charge in [0.1, 0.15) is 0 Å². The van der Waals surface area contributed by atoms with Crippen molar-refractivity contribution < 1.29 is 13.2 Å². The lowest BCUT2D eigenvalue weighted by molar-refractivity contribution is 0.0747. The Morgan fingerprint density at radius 1 is 0.943 bits per heavy atom. The number of sulfonamides is 1. The fraction of sp³-hybridized carbons (Fsp3) is 0.269. The summed E-state index contributed by atoms with van der Waals surface area (Å²) < 4.78 is 27.3. The predicted molar refractivity (Wildman–Crippen MR) is 145 cm³/mol. The van der Waals surface area contributed by atoms with E-state index in [1.165, 1.54) is 11.4 Å². The number of hydrogen-bond acceptors (Lipinski definition) is 5. The van der Waals surface area contributed by atoms with Crippen molar-refractivity contribution in [2.24, 2.45) is 0 Å². The molecule has 0 atom stereocenters. The molecule has 184 valence electrons. The second kappa shape index (κ2) is 10.5. The Balaban J connectivity index is 1.42. The summed E-state index contributed by atoms with van der Waals surface area (Å²) in [7, 11) is -2.18. The van der Waals surface area contributed by atoms with Gasteiger partial charge in [-0.05, 0) is 79.4 Å². The molecule has 3 aromatic rings. The standard InChI is InChI=1S/C26H28ClN3O3S2/c1-19-4-7-21(27)18-25(19)29-14-16-30(17-15-29)26(31)20-5-8-22(9-6-20)28(2)35(32,33)24-12-10-23(34-3)11-13-24/h4-13,18H,14-17H2,1-3H3. The summed E-state index contributed by atoms with van der Waals surface area (Å²) in [6.45, 7) is 4.71. The molecule has 1 fully saturated rings. The van der Waals surface area contributed by atoms with Crippen LogP contribution in [-0.2, 0) is 10.0 Å². The summed E-state index contributed by atoms with van der Waals surface area (Å²) in [4.78, 5) is 18.4. The number of aryl methyl sites for hydroxylation is 1. The molecule has 1 aliphatic heterocycles. The van der Waals surface area contributed by atoms with Crippen molar-refractivity contribution in [3.8, 4) is 0 Å². The van der Waals surface area contributed by atoms with Crippen molar-refractivity contribution in [3.63, 3.8) is 0 Å². The minimum atomic E-state index is -3.70. The lowest BCUT2D eigenvalue weighted by atomic mass is 10.1. The molecule has 35 heavy (non-hydrogen) atoms. The van der Waals surface area contributed by atoms with Gasteiger partial charge in [0.25, 0.3) is 15.9 Å². The Labute approximate surface area is 216 Å². The number of carbonyl (C=O) groups is 1. The quantitative estimate of drug-likeness (QED) is 0.413. The van der Waals surface area contributed by atoms with Gasteiger partial charge in [-0.15, -0.1) is 11.8 Å². The number of piperazine rings is 1. The molecule has 1 aliphatic rings. The van der Waals surface area contributed by atoms with Crippen LogP contribution in [0.3, 0.4) is 0 Å². The largest absolute Gasteiger partial charge is 0.368 e. The first kappa shape index (κ1) is 25.4. The van der Waals surface area contributed by atoms with E-state index in [2.05, 4.69) is 11.8 Å². The minimum Gasteiger partial charge on any atom is -0.368 e. The average Bonchev–Trinajstić information content (AvgIpc) is 2.89. The molecule has 6 nitrogen and oxygen atoms in total. The molecular weight excluding hydrogens is 502 g/mol. The van der Waals surface area contributed by atoms with E-state index in [4.69, 9.17) is 11.6 Å². The zero-order chi connectivity index (χ0) is 25.2. The lowest BCUT2D eigenvalue weighted by Gasteiger charge is -2.37. The monoisotopic (exact) mass is 529 g/mol. The number of carbonyl (C=O) groups excluding carboxylic acids is 1. The highest BCUT2D eigenvalue weighted by atomic mass is 35.5. The molecule has 0 spiro atoms. The van der Waals surface area contributed by atoms with Crippen LogP contribution < -0.4 is 9.21 Å². The van der Waals surface area contributed by atoms with E-state index in [-0.39, 0.29) is 10.8 Å². The molecule has 0 saturated carbocycles. The van der Waals surface area contributed by atoms with E-state index in [0.29, 0.717) is 29.4 Å². The van der Waals surface area contributed by atoms with Gasteiger partial charge in [-0.3, -0.25) is 9.10 Å². The number of benzene rings is 3. The highest BCUT2D eigenvalue weighted by Crippen LogP contribution is 2.27. The van der Waals surface area contributed by atoms with Gasteiger partial charge in [0.05, 0.1) is 10.6 Å². The highest BCUT2D eigenvalue weighted by molar-refractivity contribution is 7.98. The summed E-state index contributed by atoms with van der Waals surface area (Å²) in [5, 5.41) is 0.702. The van der Waals surface area contributed by atoms with Crippen molar-refractivity contribution in [1.82, 2.24) is 4.90 Å². The summed E-state index contributed by atoms with van der Waals surface area (Å²) in [5.74, 6) is -0.0582. The van der Waals surface area contributed by atoms with E-state index in [1.54, 1.807) is 60.3 Å². The smallest absolute Gasteiger partial charge is 0.264 e. The van der Waals surface area contributed by atoms with Gasteiger partial charge in [-0.2, -0.15) is 0 Å². The van der Waals surface area contributed by atoms with Crippen LogP contribution in [0.2, 0.25) is 5.02 Å². The van der Waals surface area contributed by atoms with Crippen LogP contribution in [0.15, 0.2) is 76.5 Å². The highest BCUT2D eigenvalue weighted by Gasteiger charge is 2.25. The Morgan fingerprint density at radius 3 is 2.17 bits per heavy atom. The molecule has 0 radical (unpaired) electrons. The molecule has 0 unspecified atom stereocenters. The molecule has 3 aromatic carbocycles. The Kier molecular flexibility index (Phi) is 7.64. The third-order valence-electron chi connectivity index (χ3n) is 6.27. The van der Waals surface area contributed by atoms with Gasteiger partial charge in [0.2, 0.25) is 0 Å². The molecule has 9 heteroatoms. The summed E-state index contributed by atoms with van der Waals surface area (Å²) in [6, 6.07) is 19.4. The topological polar surface area (TPSA) is 60.9 Å². The third-order valence-corrected chi connectivity index (χ3v) is 9.05. The van der Waals surface area contributed by atoms with E-state index >= 15 is 0 Å². The first-order valence-electron chi connectivity index (χ1n) is 11.2. The number of halogens is 1. The molecule has 0 bridgehead atoms. The molecule has 1 heterocycles.